The molecule has 2 N–H and O–H groups in total. The molecule has 0 bridgehead atoms. The van der Waals surface area contributed by atoms with Gasteiger partial charge in [-0.3, -0.25) is 9.59 Å². The molecule has 5 nitrogen and oxygen atoms in total. The van der Waals surface area contributed by atoms with Gasteiger partial charge in [0.15, 0.2) is 0 Å². The Kier molecular flexibility index (Phi) is 7.81. The molecule has 0 spiro atoms. The van der Waals surface area contributed by atoms with E-state index >= 15 is 0 Å². The maximum absolute atomic E-state index is 13.7. The van der Waals surface area contributed by atoms with Gasteiger partial charge in [0.05, 0.1) is 5.56 Å². The van der Waals surface area contributed by atoms with E-state index in [1.165, 1.54) is 23.1 Å². The van der Waals surface area contributed by atoms with Crippen LogP contribution in [0.1, 0.15) is 16.8 Å². The Morgan fingerprint density at radius 2 is 2.17 bits per heavy atom. The molecule has 1 aromatic carbocycles. The second kappa shape index (κ2) is 9.10. The van der Waals surface area contributed by atoms with Gasteiger partial charge in [0.2, 0.25) is 5.91 Å². The molecule has 1 aliphatic heterocycles. The minimum Gasteiger partial charge on any atom is -0.345 e. The fourth-order valence-electron chi connectivity index (χ4n) is 2.19. The molecule has 2 amide bonds. The molecule has 0 aromatic heterocycles. The fourth-order valence-corrected chi connectivity index (χ4v) is 3.14. The smallest absolute Gasteiger partial charge is 0.256 e. The van der Waals surface area contributed by atoms with Crippen LogP contribution in [-0.4, -0.2) is 54.9 Å². The summed E-state index contributed by atoms with van der Waals surface area (Å²) in [6.07, 6.45) is 0.362. The zero-order valence-electron chi connectivity index (χ0n) is 13.1. The van der Waals surface area contributed by atoms with E-state index in [2.05, 4.69) is 10.6 Å². The van der Waals surface area contributed by atoms with E-state index in [9.17, 15) is 14.0 Å². The largest absolute Gasteiger partial charge is 0.345 e. The summed E-state index contributed by atoms with van der Waals surface area (Å²) in [5, 5.41) is 6.01. The third-order valence-corrected chi connectivity index (χ3v) is 4.45. The van der Waals surface area contributed by atoms with E-state index < -0.39 is 11.7 Å². The number of rotatable bonds is 4. The maximum atomic E-state index is 13.7. The number of carbonyl (C=O) groups excluding carboxylic acids is 2. The van der Waals surface area contributed by atoms with E-state index in [4.69, 9.17) is 0 Å². The van der Waals surface area contributed by atoms with Gasteiger partial charge in [0.25, 0.3) is 5.91 Å². The number of benzene rings is 1. The molecule has 1 aromatic rings. The Bertz CT molecular complexity index is 566. The lowest BCUT2D eigenvalue weighted by Gasteiger charge is -2.22. The molecule has 2 rings (SSSR count). The van der Waals surface area contributed by atoms with Crippen molar-refractivity contribution in [2.75, 3.05) is 37.5 Å². The number of halogens is 2. The van der Waals surface area contributed by atoms with Gasteiger partial charge in [-0.2, -0.15) is 11.8 Å². The summed E-state index contributed by atoms with van der Waals surface area (Å²) in [5.41, 5.74) is 0.384. The van der Waals surface area contributed by atoms with Crippen LogP contribution in [0.3, 0.4) is 0 Å². The Balaban J connectivity index is 0.00000264. The first kappa shape index (κ1) is 19.7. The van der Waals surface area contributed by atoms with Crippen molar-refractivity contribution in [2.24, 2.45) is 0 Å². The summed E-state index contributed by atoms with van der Waals surface area (Å²) in [6, 6.07) is 4.18. The molecule has 8 heteroatoms. The average molecular weight is 362 g/mol. The summed E-state index contributed by atoms with van der Waals surface area (Å²) < 4.78 is 13.7. The zero-order valence-corrected chi connectivity index (χ0v) is 14.7. The first-order valence-corrected chi connectivity index (χ1v) is 8.25. The van der Waals surface area contributed by atoms with Gasteiger partial charge in [0.1, 0.15) is 5.82 Å². The van der Waals surface area contributed by atoms with Crippen LogP contribution in [0, 0.1) is 5.82 Å². The molecule has 1 aliphatic rings. The molecule has 1 saturated heterocycles. The summed E-state index contributed by atoms with van der Waals surface area (Å²) >= 11 is 1.82. The molecule has 128 valence electrons. The lowest BCUT2D eigenvalue weighted by Crippen LogP contribution is -2.39. The molecule has 1 unspecified atom stereocenters. The highest BCUT2D eigenvalue weighted by Gasteiger charge is 2.18. The summed E-state index contributed by atoms with van der Waals surface area (Å²) in [5.74, 6) is 0.795. The number of nitrogens with one attached hydrogen (secondary N) is 2. The van der Waals surface area contributed by atoms with Gasteiger partial charge >= 0.3 is 0 Å². The predicted molar refractivity (Wildman–Crippen MR) is 94.0 cm³/mol. The Labute approximate surface area is 145 Å². The second-order valence-corrected chi connectivity index (χ2v) is 6.52. The number of carbonyl (C=O) groups is 2. The van der Waals surface area contributed by atoms with Crippen LogP contribution in [0.5, 0.6) is 0 Å². The normalized spacial score (nSPS) is 17.1. The summed E-state index contributed by atoms with van der Waals surface area (Å²) in [7, 11) is 3.11. The van der Waals surface area contributed by atoms with Crippen molar-refractivity contribution in [3.05, 3.63) is 29.6 Å². The van der Waals surface area contributed by atoms with E-state index in [-0.39, 0.29) is 29.9 Å². The van der Waals surface area contributed by atoms with E-state index in [1.54, 1.807) is 14.1 Å². The predicted octanol–water partition coefficient (Wildman–Crippen LogP) is 1.98. The quantitative estimate of drug-likeness (QED) is 0.861. The highest BCUT2D eigenvalue weighted by Crippen LogP contribution is 2.17. The van der Waals surface area contributed by atoms with Crippen LogP contribution in [0.15, 0.2) is 18.2 Å². The molecule has 0 radical (unpaired) electrons. The van der Waals surface area contributed by atoms with Crippen LogP contribution >= 0.6 is 24.2 Å². The van der Waals surface area contributed by atoms with Gasteiger partial charge in [0, 0.05) is 50.3 Å². The lowest BCUT2D eigenvalue weighted by atomic mass is 10.1. The highest BCUT2D eigenvalue weighted by molar-refractivity contribution is 7.99. The number of thioether (sulfide) groups is 1. The molecule has 23 heavy (non-hydrogen) atoms. The Hall–Kier alpha value is -1.31. The van der Waals surface area contributed by atoms with E-state index in [1.807, 2.05) is 11.8 Å². The summed E-state index contributed by atoms with van der Waals surface area (Å²) in [6.45, 7) is 0.903. The van der Waals surface area contributed by atoms with Gasteiger partial charge in [-0.05, 0) is 18.2 Å². The fraction of sp³-hybridized carbons (Fsp3) is 0.467. The Morgan fingerprint density at radius 3 is 2.78 bits per heavy atom. The average Bonchev–Trinajstić information content (AvgIpc) is 2.49. The monoisotopic (exact) mass is 361 g/mol. The second-order valence-electron chi connectivity index (χ2n) is 5.37. The minimum absolute atomic E-state index is 0. The molecule has 0 aliphatic carbocycles. The van der Waals surface area contributed by atoms with E-state index in [0.29, 0.717) is 12.1 Å². The standard InChI is InChI=1S/C15H20FN3O2S.ClH/c1-19(2)15(21)12-7-10(3-4-13(12)16)18-14(20)8-11-9-22-6-5-17-11;/h3-4,7,11,17H,5-6,8-9H2,1-2H3,(H,18,20);1H. The van der Waals surface area contributed by atoms with Gasteiger partial charge in [-0.25, -0.2) is 4.39 Å². The van der Waals surface area contributed by atoms with Crippen molar-refractivity contribution < 1.29 is 14.0 Å². The van der Waals surface area contributed by atoms with Crippen molar-refractivity contribution in [3.8, 4) is 0 Å². The third-order valence-electron chi connectivity index (χ3n) is 3.32. The molecule has 1 fully saturated rings. The van der Waals surface area contributed by atoms with Crippen molar-refractivity contribution in [1.29, 1.82) is 0 Å². The topological polar surface area (TPSA) is 61.4 Å². The molecule has 0 saturated carbocycles. The first-order valence-electron chi connectivity index (χ1n) is 7.09. The number of anilines is 1. The zero-order chi connectivity index (χ0) is 16.1. The number of nitrogens with zero attached hydrogens (tertiary/aromatic N) is 1. The van der Waals surface area contributed by atoms with Crippen molar-refractivity contribution >= 4 is 41.7 Å². The van der Waals surface area contributed by atoms with E-state index in [0.717, 1.165) is 18.1 Å². The SMILES string of the molecule is CN(C)C(=O)c1cc(NC(=O)CC2CSCCN2)ccc1F.Cl. The van der Waals surface area contributed by atoms with Crippen molar-refractivity contribution in [1.82, 2.24) is 10.2 Å². The molecular formula is C15H21ClFN3O2S. The van der Waals surface area contributed by atoms with Crippen LogP contribution < -0.4 is 10.6 Å². The van der Waals surface area contributed by atoms with Crippen LogP contribution in [-0.2, 0) is 4.79 Å². The minimum atomic E-state index is -0.595. The number of hydrogen-bond acceptors (Lipinski definition) is 4. The number of amides is 2. The van der Waals surface area contributed by atoms with Crippen LogP contribution in [0.4, 0.5) is 10.1 Å². The molecular weight excluding hydrogens is 341 g/mol. The van der Waals surface area contributed by atoms with Gasteiger partial charge in [-0.1, -0.05) is 0 Å². The van der Waals surface area contributed by atoms with Gasteiger partial charge < -0.3 is 15.5 Å². The highest BCUT2D eigenvalue weighted by atomic mass is 35.5. The molecule has 1 atom stereocenters. The first-order chi connectivity index (χ1) is 10.5. The van der Waals surface area contributed by atoms with Crippen molar-refractivity contribution in [2.45, 2.75) is 12.5 Å². The summed E-state index contributed by atoms with van der Waals surface area (Å²) in [4.78, 5) is 25.2. The Morgan fingerprint density at radius 1 is 1.43 bits per heavy atom. The third kappa shape index (κ3) is 5.67. The number of hydrogen-bond donors (Lipinski definition) is 2. The van der Waals surface area contributed by atoms with Crippen molar-refractivity contribution in [3.63, 3.8) is 0 Å². The van der Waals surface area contributed by atoms with Gasteiger partial charge in [-0.15, -0.1) is 12.4 Å². The lowest BCUT2D eigenvalue weighted by molar-refractivity contribution is -0.116. The molecule has 1 heterocycles. The van der Waals surface area contributed by atoms with Crippen LogP contribution in [0.2, 0.25) is 0 Å². The maximum Gasteiger partial charge on any atom is 0.256 e. The van der Waals surface area contributed by atoms with Crippen LogP contribution in [0.25, 0.3) is 0 Å².